The Hall–Kier alpha value is -5.57. The Kier molecular flexibility index (Phi) is 15.7. The van der Waals surface area contributed by atoms with Gasteiger partial charge in [0.25, 0.3) is 0 Å². The van der Waals surface area contributed by atoms with Gasteiger partial charge in [-0.05, 0) is 33.4 Å². The van der Waals surface area contributed by atoms with Crippen molar-refractivity contribution < 1.29 is 52.5 Å². The number of aliphatic carboxylic acids is 1. The van der Waals surface area contributed by atoms with E-state index >= 15 is 0 Å². The molecular weight excluding hydrogens is 837 g/mol. The molecule has 11 nitrogen and oxygen atoms in total. The van der Waals surface area contributed by atoms with E-state index in [0.29, 0.717) is 6.61 Å². The summed E-state index contributed by atoms with van der Waals surface area (Å²) in [5, 5.41) is 11.0. The van der Waals surface area contributed by atoms with Crippen LogP contribution in [0.3, 0.4) is 0 Å². The normalized spacial score (nSPS) is 26.9. The van der Waals surface area contributed by atoms with E-state index in [9.17, 15) is 9.90 Å². The molecular formula is C55H56O11. The largest absolute Gasteiger partial charge is 0.481 e. The lowest BCUT2D eigenvalue weighted by molar-refractivity contribution is -0.348. The molecule has 6 aromatic rings. The van der Waals surface area contributed by atoms with Gasteiger partial charge in [-0.15, -0.1) is 0 Å². The summed E-state index contributed by atoms with van der Waals surface area (Å²) in [6, 6.07) is 59.1. The van der Waals surface area contributed by atoms with Crippen LogP contribution < -0.4 is 0 Å². The summed E-state index contributed by atoms with van der Waals surface area (Å²) < 4.78 is 61.0. The van der Waals surface area contributed by atoms with Gasteiger partial charge in [-0.3, -0.25) is 4.79 Å². The second-order valence-corrected chi connectivity index (χ2v) is 16.9. The summed E-state index contributed by atoms with van der Waals surface area (Å²) in [4.78, 5) is 13.5. The van der Waals surface area contributed by atoms with E-state index in [0.717, 1.165) is 33.4 Å². The van der Waals surface area contributed by atoms with E-state index in [1.54, 1.807) is 0 Å². The Balaban J connectivity index is 1.09. The molecule has 6 aromatic carbocycles. The molecule has 1 aliphatic carbocycles. The molecule has 2 saturated heterocycles. The predicted molar refractivity (Wildman–Crippen MR) is 245 cm³/mol. The van der Waals surface area contributed by atoms with Crippen molar-refractivity contribution in [1.82, 2.24) is 0 Å². The van der Waals surface area contributed by atoms with Gasteiger partial charge < -0.3 is 47.7 Å². The fraction of sp³-hybridized carbons (Fsp3) is 0.327. The van der Waals surface area contributed by atoms with Gasteiger partial charge in [0.05, 0.1) is 46.2 Å². The minimum Gasteiger partial charge on any atom is -0.481 e. The van der Waals surface area contributed by atoms with Gasteiger partial charge in [0.15, 0.2) is 6.29 Å². The Morgan fingerprint density at radius 3 is 1.15 bits per heavy atom. The molecule has 1 saturated carbocycles. The SMILES string of the molecule is O=C(O)C1C(OC2OC(COCc3ccccc3)C(OCc3ccccc3)C(OCc3ccccc3)C2OCc2ccccc2)C(OCc2ccccc2)C(OCc2ccccc2)C2OC21. The molecule has 0 bridgehead atoms. The van der Waals surface area contributed by atoms with Crippen LogP contribution in [0.4, 0.5) is 0 Å². The highest BCUT2D eigenvalue weighted by Crippen LogP contribution is 2.47. The maximum Gasteiger partial charge on any atom is 0.312 e. The van der Waals surface area contributed by atoms with Crippen molar-refractivity contribution in [2.45, 2.75) is 101 Å². The van der Waals surface area contributed by atoms with Crippen LogP contribution in [-0.2, 0) is 87.1 Å². The summed E-state index contributed by atoms with van der Waals surface area (Å²) in [7, 11) is 0. The zero-order chi connectivity index (χ0) is 44.9. The van der Waals surface area contributed by atoms with E-state index < -0.39 is 73.1 Å². The third-order valence-electron chi connectivity index (χ3n) is 12.2. The number of rotatable bonds is 22. The van der Waals surface area contributed by atoms with E-state index in [-0.39, 0.29) is 39.6 Å². The molecule has 2 heterocycles. The molecule has 11 atom stereocenters. The summed E-state index contributed by atoms with van der Waals surface area (Å²) in [6.45, 7) is 1.51. The fourth-order valence-electron chi connectivity index (χ4n) is 8.82. The van der Waals surface area contributed by atoms with Gasteiger partial charge in [0.1, 0.15) is 60.9 Å². The number of carbonyl (C=O) groups is 1. The van der Waals surface area contributed by atoms with Crippen LogP contribution in [0, 0.1) is 5.92 Å². The van der Waals surface area contributed by atoms with Crippen LogP contribution in [0.15, 0.2) is 182 Å². The van der Waals surface area contributed by atoms with Crippen molar-refractivity contribution in [2.24, 2.45) is 5.92 Å². The number of hydrogen-bond donors (Lipinski definition) is 1. The molecule has 3 aliphatic rings. The van der Waals surface area contributed by atoms with Crippen LogP contribution in [0.1, 0.15) is 33.4 Å². The average Bonchev–Trinajstić information content (AvgIpc) is 4.16. The van der Waals surface area contributed by atoms with Crippen molar-refractivity contribution in [3.05, 3.63) is 215 Å². The molecule has 342 valence electrons. The molecule has 0 aromatic heterocycles. The van der Waals surface area contributed by atoms with Crippen LogP contribution in [0.5, 0.6) is 0 Å². The Bertz CT molecular complexity index is 2340. The predicted octanol–water partition coefficient (Wildman–Crippen LogP) is 8.72. The number of benzene rings is 6. The molecule has 0 radical (unpaired) electrons. The number of epoxide rings is 1. The minimum absolute atomic E-state index is 0.0996. The minimum atomic E-state index is -1.20. The van der Waals surface area contributed by atoms with Gasteiger partial charge in [-0.1, -0.05) is 182 Å². The van der Waals surface area contributed by atoms with Gasteiger partial charge in [0.2, 0.25) is 0 Å². The van der Waals surface area contributed by atoms with Crippen molar-refractivity contribution in [3.8, 4) is 0 Å². The zero-order valence-electron chi connectivity index (χ0n) is 36.7. The van der Waals surface area contributed by atoms with Gasteiger partial charge in [0, 0.05) is 0 Å². The lowest BCUT2D eigenvalue weighted by atomic mass is 9.82. The first kappa shape index (κ1) is 45.6. The summed E-state index contributed by atoms with van der Waals surface area (Å²) >= 11 is 0. The van der Waals surface area contributed by atoms with Crippen molar-refractivity contribution >= 4 is 5.97 Å². The van der Waals surface area contributed by atoms with Crippen LogP contribution in [-0.4, -0.2) is 78.9 Å². The highest BCUT2D eigenvalue weighted by atomic mass is 16.7. The Morgan fingerprint density at radius 2 is 0.742 bits per heavy atom. The van der Waals surface area contributed by atoms with Crippen molar-refractivity contribution in [1.29, 1.82) is 0 Å². The first-order valence-corrected chi connectivity index (χ1v) is 22.7. The molecule has 0 amide bonds. The Labute approximate surface area is 386 Å². The number of carboxylic acids is 1. The van der Waals surface area contributed by atoms with Crippen molar-refractivity contribution in [3.63, 3.8) is 0 Å². The zero-order valence-corrected chi connectivity index (χ0v) is 36.7. The lowest BCUT2D eigenvalue weighted by Crippen LogP contribution is -2.64. The topological polar surface area (TPSA) is 124 Å². The monoisotopic (exact) mass is 892 g/mol. The number of hydrogen-bond acceptors (Lipinski definition) is 10. The second kappa shape index (κ2) is 22.8. The van der Waals surface area contributed by atoms with Gasteiger partial charge in [-0.2, -0.15) is 0 Å². The fourth-order valence-corrected chi connectivity index (χ4v) is 8.82. The number of fused-ring (bicyclic) bond motifs is 1. The third kappa shape index (κ3) is 11.9. The summed E-state index contributed by atoms with van der Waals surface area (Å²) in [6.07, 6.45) is -8.33. The van der Waals surface area contributed by atoms with Crippen LogP contribution in [0.25, 0.3) is 0 Å². The smallest absolute Gasteiger partial charge is 0.312 e. The van der Waals surface area contributed by atoms with E-state index in [4.69, 9.17) is 42.6 Å². The molecule has 66 heavy (non-hydrogen) atoms. The first-order chi connectivity index (χ1) is 32.6. The maximum absolute atomic E-state index is 13.5. The molecule has 3 fully saturated rings. The van der Waals surface area contributed by atoms with E-state index in [1.165, 1.54) is 0 Å². The van der Waals surface area contributed by atoms with E-state index in [1.807, 2.05) is 182 Å². The molecule has 1 N–H and O–H groups in total. The third-order valence-corrected chi connectivity index (χ3v) is 12.2. The Morgan fingerprint density at radius 1 is 0.394 bits per heavy atom. The number of carboxylic acid groups (broad SMARTS) is 1. The molecule has 0 spiro atoms. The summed E-state index contributed by atoms with van der Waals surface area (Å²) in [5.74, 6) is -2.21. The van der Waals surface area contributed by atoms with Crippen molar-refractivity contribution in [2.75, 3.05) is 6.61 Å². The summed E-state index contributed by atoms with van der Waals surface area (Å²) in [5.41, 5.74) is 5.69. The molecule has 11 unspecified atom stereocenters. The highest BCUT2D eigenvalue weighted by molar-refractivity contribution is 5.73. The highest BCUT2D eigenvalue weighted by Gasteiger charge is 2.66. The first-order valence-electron chi connectivity index (χ1n) is 22.7. The molecule has 9 rings (SSSR count). The molecule has 2 aliphatic heterocycles. The quantitative estimate of drug-likeness (QED) is 0.0659. The second-order valence-electron chi connectivity index (χ2n) is 16.9. The molecule has 11 heteroatoms. The van der Waals surface area contributed by atoms with E-state index in [2.05, 4.69) is 0 Å². The van der Waals surface area contributed by atoms with Gasteiger partial charge >= 0.3 is 5.97 Å². The number of ether oxygens (including phenoxy) is 9. The van der Waals surface area contributed by atoms with Crippen LogP contribution in [0.2, 0.25) is 0 Å². The van der Waals surface area contributed by atoms with Crippen LogP contribution >= 0.6 is 0 Å². The van der Waals surface area contributed by atoms with Gasteiger partial charge in [-0.25, -0.2) is 0 Å². The lowest BCUT2D eigenvalue weighted by Gasteiger charge is -2.48. The standard InChI is InChI=1S/C55H56O11/c56-54(57)45-47(50(61-34-41-25-13-4-14-26-41)51(52-48(45)65-52)62-35-42-27-15-5-16-28-42)66-55-53(63-36-43-29-17-6-18-30-43)49(60-33-40-23-11-3-12-24-40)46(59-32-39-21-9-2-10-22-39)44(64-55)37-58-31-38-19-7-1-8-20-38/h1-30,44-53,55H,31-37H2,(H,56,57). The maximum atomic E-state index is 13.5. The average molecular weight is 893 g/mol.